The molecule has 4 nitrogen and oxygen atoms in total. The van der Waals surface area contributed by atoms with Crippen LogP contribution in [0.2, 0.25) is 0 Å². The normalized spacial score (nSPS) is 15.1. The minimum absolute atomic E-state index is 0.0566. The largest absolute Gasteiger partial charge is 0.355 e. The molecule has 3 heterocycles. The van der Waals surface area contributed by atoms with Crippen LogP contribution in [0.3, 0.4) is 0 Å². The summed E-state index contributed by atoms with van der Waals surface area (Å²) < 4.78 is 1.07. The zero-order valence-corrected chi connectivity index (χ0v) is 13.9. The first-order valence-electron chi connectivity index (χ1n) is 6.37. The Balaban J connectivity index is 1.55. The number of carbonyl (C=O) groups excluding carboxylic acids is 1. The molecule has 1 saturated heterocycles. The number of nitrogens with one attached hydrogen (secondary N) is 2. The zero-order valence-electron chi connectivity index (χ0n) is 10.7. The fraction of sp³-hybridized carbons (Fsp3) is 0.385. The molecule has 7 heteroatoms. The number of amides is 1. The smallest absolute Gasteiger partial charge is 0.226 e. The Morgan fingerprint density at radius 2 is 2.30 bits per heavy atom. The van der Waals surface area contributed by atoms with Crippen LogP contribution in [0.5, 0.6) is 0 Å². The minimum Gasteiger partial charge on any atom is -0.355 e. The second-order valence-corrected chi connectivity index (χ2v) is 7.46. The molecular weight excluding hydrogens is 358 g/mol. The van der Waals surface area contributed by atoms with Crippen LogP contribution in [0.15, 0.2) is 21.3 Å². The highest BCUT2D eigenvalue weighted by Crippen LogP contribution is 2.31. The Hall–Kier alpha value is -0.760. The average molecular weight is 372 g/mol. The van der Waals surface area contributed by atoms with Crippen molar-refractivity contribution in [2.24, 2.45) is 5.92 Å². The quantitative estimate of drug-likeness (QED) is 0.848. The van der Waals surface area contributed by atoms with Crippen molar-refractivity contribution >= 4 is 44.5 Å². The maximum absolute atomic E-state index is 11.8. The molecule has 1 amide bonds. The standard InChI is InChI=1S/C13H14BrN3OS2/c14-9-1-11(19-6-9)13-17-10(7-20-13)2-12(18)16-5-8-3-15-4-8/h1,6-8,15H,2-5H2,(H,16,18). The van der Waals surface area contributed by atoms with Gasteiger partial charge >= 0.3 is 0 Å². The molecule has 0 radical (unpaired) electrons. The summed E-state index contributed by atoms with van der Waals surface area (Å²) >= 11 is 6.68. The molecule has 3 rings (SSSR count). The highest BCUT2D eigenvalue weighted by Gasteiger charge is 2.17. The maximum Gasteiger partial charge on any atom is 0.226 e. The second kappa shape index (κ2) is 6.34. The van der Waals surface area contributed by atoms with Crippen LogP contribution in [0.25, 0.3) is 9.88 Å². The SMILES string of the molecule is O=C(Cc1csc(-c2cc(Br)cs2)n1)NCC1CNC1. The molecule has 0 spiro atoms. The van der Waals surface area contributed by atoms with E-state index in [1.54, 1.807) is 22.7 Å². The molecule has 0 aliphatic carbocycles. The van der Waals surface area contributed by atoms with E-state index in [0.717, 1.165) is 39.7 Å². The number of halogens is 1. The molecule has 1 aliphatic heterocycles. The lowest BCUT2D eigenvalue weighted by atomic mass is 10.0. The molecule has 2 aromatic heterocycles. The van der Waals surface area contributed by atoms with Gasteiger partial charge < -0.3 is 10.6 Å². The molecule has 1 fully saturated rings. The van der Waals surface area contributed by atoms with Gasteiger partial charge in [-0.3, -0.25) is 4.79 Å². The number of thiazole rings is 1. The van der Waals surface area contributed by atoms with Crippen LogP contribution in [-0.4, -0.2) is 30.5 Å². The van der Waals surface area contributed by atoms with E-state index >= 15 is 0 Å². The van der Waals surface area contributed by atoms with Crippen molar-refractivity contribution in [2.75, 3.05) is 19.6 Å². The number of carbonyl (C=O) groups is 1. The molecular formula is C13H14BrN3OS2. The van der Waals surface area contributed by atoms with E-state index in [1.807, 2.05) is 10.8 Å². The number of thiophene rings is 1. The van der Waals surface area contributed by atoms with Gasteiger partial charge in [-0.2, -0.15) is 0 Å². The lowest BCUT2D eigenvalue weighted by molar-refractivity contribution is -0.120. The highest BCUT2D eigenvalue weighted by molar-refractivity contribution is 9.10. The Labute approximate surface area is 133 Å². The Kier molecular flexibility index (Phi) is 4.50. The van der Waals surface area contributed by atoms with E-state index in [4.69, 9.17) is 0 Å². The summed E-state index contributed by atoms with van der Waals surface area (Å²) in [7, 11) is 0. The lowest BCUT2D eigenvalue weighted by Crippen LogP contribution is -2.48. The summed E-state index contributed by atoms with van der Waals surface area (Å²) in [5.74, 6) is 0.648. The fourth-order valence-electron chi connectivity index (χ4n) is 1.90. The van der Waals surface area contributed by atoms with Crippen LogP contribution in [0.1, 0.15) is 5.69 Å². The molecule has 2 aromatic rings. The number of nitrogens with zero attached hydrogens (tertiary/aromatic N) is 1. The Morgan fingerprint density at radius 1 is 1.45 bits per heavy atom. The number of hydrogen-bond acceptors (Lipinski definition) is 5. The van der Waals surface area contributed by atoms with E-state index in [1.165, 1.54) is 0 Å². The molecule has 0 saturated carbocycles. The summed E-state index contributed by atoms with van der Waals surface area (Å²) in [4.78, 5) is 17.5. The van der Waals surface area contributed by atoms with Gasteiger partial charge in [-0.1, -0.05) is 0 Å². The molecule has 20 heavy (non-hydrogen) atoms. The fourth-order valence-corrected chi connectivity index (χ4v) is 4.23. The number of aromatic nitrogens is 1. The predicted molar refractivity (Wildman–Crippen MR) is 86.2 cm³/mol. The first-order valence-corrected chi connectivity index (χ1v) is 8.92. The van der Waals surface area contributed by atoms with Gasteiger partial charge in [-0.05, 0) is 22.0 Å². The zero-order chi connectivity index (χ0) is 13.9. The molecule has 1 aliphatic rings. The van der Waals surface area contributed by atoms with E-state index in [0.29, 0.717) is 12.3 Å². The molecule has 0 aromatic carbocycles. The topological polar surface area (TPSA) is 54.0 Å². The molecule has 106 valence electrons. The van der Waals surface area contributed by atoms with Crippen molar-refractivity contribution in [3.05, 3.63) is 27.0 Å². The van der Waals surface area contributed by atoms with Crippen LogP contribution in [-0.2, 0) is 11.2 Å². The van der Waals surface area contributed by atoms with Crippen LogP contribution < -0.4 is 10.6 Å². The Morgan fingerprint density at radius 3 is 2.95 bits per heavy atom. The van der Waals surface area contributed by atoms with Crippen LogP contribution >= 0.6 is 38.6 Å². The van der Waals surface area contributed by atoms with Crippen LogP contribution in [0.4, 0.5) is 0 Å². The third-order valence-electron chi connectivity index (χ3n) is 3.13. The van der Waals surface area contributed by atoms with E-state index in [9.17, 15) is 4.79 Å². The van der Waals surface area contributed by atoms with Gasteiger partial charge in [0, 0.05) is 40.8 Å². The van der Waals surface area contributed by atoms with Crippen molar-refractivity contribution in [3.8, 4) is 9.88 Å². The highest BCUT2D eigenvalue weighted by atomic mass is 79.9. The molecule has 0 atom stereocenters. The molecule has 0 bridgehead atoms. The summed E-state index contributed by atoms with van der Waals surface area (Å²) in [6, 6.07) is 2.05. The predicted octanol–water partition coefficient (Wildman–Crippen LogP) is 2.51. The summed E-state index contributed by atoms with van der Waals surface area (Å²) in [5.41, 5.74) is 0.846. The van der Waals surface area contributed by atoms with Gasteiger partial charge in [0.05, 0.1) is 17.0 Å². The van der Waals surface area contributed by atoms with Crippen molar-refractivity contribution < 1.29 is 4.79 Å². The summed E-state index contributed by atoms with van der Waals surface area (Å²) in [5, 5.41) is 11.1. The number of rotatable bonds is 5. The average Bonchev–Trinajstić information content (AvgIpc) is 2.96. The maximum atomic E-state index is 11.8. The minimum atomic E-state index is 0.0566. The van der Waals surface area contributed by atoms with Crippen LogP contribution in [0, 0.1) is 5.92 Å². The van der Waals surface area contributed by atoms with Crippen molar-refractivity contribution in [3.63, 3.8) is 0 Å². The van der Waals surface area contributed by atoms with E-state index < -0.39 is 0 Å². The summed E-state index contributed by atoms with van der Waals surface area (Å²) in [6.45, 7) is 2.78. The van der Waals surface area contributed by atoms with Crippen molar-refractivity contribution in [2.45, 2.75) is 6.42 Å². The van der Waals surface area contributed by atoms with Crippen molar-refractivity contribution in [1.29, 1.82) is 0 Å². The monoisotopic (exact) mass is 371 g/mol. The van der Waals surface area contributed by atoms with Gasteiger partial charge in [0.15, 0.2) is 0 Å². The second-order valence-electron chi connectivity index (χ2n) is 4.78. The lowest BCUT2D eigenvalue weighted by Gasteiger charge is -2.26. The van der Waals surface area contributed by atoms with E-state index in [2.05, 4.69) is 37.6 Å². The van der Waals surface area contributed by atoms with Gasteiger partial charge in [0.2, 0.25) is 5.91 Å². The number of hydrogen-bond donors (Lipinski definition) is 2. The summed E-state index contributed by atoms with van der Waals surface area (Å²) in [6.07, 6.45) is 0.364. The Bertz CT molecular complexity index is 606. The molecule has 0 unspecified atom stereocenters. The molecule has 2 N–H and O–H groups in total. The first kappa shape index (κ1) is 14.2. The first-order chi connectivity index (χ1) is 9.70. The van der Waals surface area contributed by atoms with Gasteiger partial charge in [-0.15, -0.1) is 22.7 Å². The third-order valence-corrected chi connectivity index (χ3v) is 5.88. The van der Waals surface area contributed by atoms with Crippen molar-refractivity contribution in [1.82, 2.24) is 15.6 Å². The van der Waals surface area contributed by atoms with Gasteiger partial charge in [-0.25, -0.2) is 4.98 Å². The van der Waals surface area contributed by atoms with Gasteiger partial charge in [0.25, 0.3) is 0 Å². The van der Waals surface area contributed by atoms with Gasteiger partial charge in [0.1, 0.15) is 5.01 Å². The van der Waals surface area contributed by atoms with E-state index in [-0.39, 0.29) is 5.91 Å². The third kappa shape index (κ3) is 3.46.